The van der Waals surface area contributed by atoms with Crippen LogP contribution in [0, 0.1) is 5.92 Å². The van der Waals surface area contributed by atoms with Crippen LogP contribution in [0.3, 0.4) is 0 Å². The van der Waals surface area contributed by atoms with Crippen LogP contribution < -0.4 is 5.32 Å². The van der Waals surface area contributed by atoms with E-state index in [1.54, 1.807) is 20.8 Å². The molecule has 1 aliphatic heterocycles. The fourth-order valence-corrected chi connectivity index (χ4v) is 2.82. The van der Waals surface area contributed by atoms with E-state index in [0.29, 0.717) is 19.3 Å². The minimum absolute atomic E-state index is 0.0111. The van der Waals surface area contributed by atoms with Gasteiger partial charge in [0.15, 0.2) is 9.84 Å². The number of carbonyl (C=O) groups is 2. The Bertz CT molecular complexity index is 419. The van der Waals surface area contributed by atoms with E-state index in [1.165, 1.54) is 0 Å². The average Bonchev–Trinajstić information content (AvgIpc) is 2.14. The van der Waals surface area contributed by atoms with E-state index in [4.69, 9.17) is 0 Å². The van der Waals surface area contributed by atoms with Crippen molar-refractivity contribution in [2.24, 2.45) is 5.92 Å². The Labute approximate surface area is 102 Å². The first-order valence-corrected chi connectivity index (χ1v) is 7.35. The number of amides is 2. The highest BCUT2D eigenvalue weighted by Crippen LogP contribution is 2.22. The summed E-state index contributed by atoms with van der Waals surface area (Å²) in [4.78, 5) is 22.4. The molecule has 1 rings (SSSR count). The third-order valence-electron chi connectivity index (χ3n) is 3.02. The maximum atomic E-state index is 11.9. The van der Waals surface area contributed by atoms with Crippen LogP contribution in [0.1, 0.15) is 40.0 Å². The molecule has 0 aromatic heterocycles. The fourth-order valence-electron chi connectivity index (χ4n) is 1.62. The van der Waals surface area contributed by atoms with E-state index in [2.05, 4.69) is 5.32 Å². The summed E-state index contributed by atoms with van der Waals surface area (Å²) in [6.07, 6.45) is 1.04. The first kappa shape index (κ1) is 14.2. The zero-order valence-electron chi connectivity index (χ0n) is 10.4. The summed E-state index contributed by atoms with van der Waals surface area (Å²) in [5.41, 5.74) is 0. The number of sulfone groups is 1. The number of imide groups is 1. The average molecular weight is 261 g/mol. The standard InChI is InChI=1S/C11H19NO4S/c1-11(2,3)17(15,16)7-6-8-4-5-9(13)12-10(8)14/h8H,4-7H2,1-3H3,(H,12,13,14). The second-order valence-corrected chi connectivity index (χ2v) is 8.23. The molecule has 1 saturated heterocycles. The largest absolute Gasteiger partial charge is 0.296 e. The van der Waals surface area contributed by atoms with Crippen molar-refractivity contribution in [3.63, 3.8) is 0 Å². The Morgan fingerprint density at radius 1 is 1.29 bits per heavy atom. The van der Waals surface area contributed by atoms with Gasteiger partial charge >= 0.3 is 0 Å². The molecule has 0 aromatic rings. The molecule has 0 saturated carbocycles. The van der Waals surface area contributed by atoms with Crippen LogP contribution in [0.25, 0.3) is 0 Å². The lowest BCUT2D eigenvalue weighted by Gasteiger charge is -2.23. The van der Waals surface area contributed by atoms with E-state index in [9.17, 15) is 18.0 Å². The molecule has 1 N–H and O–H groups in total. The molecule has 0 aliphatic carbocycles. The molecule has 1 atom stereocenters. The van der Waals surface area contributed by atoms with Crippen molar-refractivity contribution in [1.82, 2.24) is 5.32 Å². The van der Waals surface area contributed by atoms with Crippen LogP contribution in [0.4, 0.5) is 0 Å². The molecule has 1 fully saturated rings. The number of rotatable bonds is 3. The zero-order valence-corrected chi connectivity index (χ0v) is 11.3. The van der Waals surface area contributed by atoms with Crippen molar-refractivity contribution in [3.05, 3.63) is 0 Å². The summed E-state index contributed by atoms with van der Waals surface area (Å²) in [5.74, 6) is -0.983. The van der Waals surface area contributed by atoms with Crippen LogP contribution in [-0.4, -0.2) is 30.7 Å². The highest BCUT2D eigenvalue weighted by Gasteiger charge is 2.32. The molecule has 5 nitrogen and oxygen atoms in total. The minimum atomic E-state index is -3.20. The van der Waals surface area contributed by atoms with Crippen molar-refractivity contribution in [2.45, 2.75) is 44.8 Å². The van der Waals surface area contributed by atoms with Crippen molar-refractivity contribution in [3.8, 4) is 0 Å². The van der Waals surface area contributed by atoms with Gasteiger partial charge in [0.25, 0.3) is 0 Å². The minimum Gasteiger partial charge on any atom is -0.296 e. The van der Waals surface area contributed by atoms with Crippen molar-refractivity contribution < 1.29 is 18.0 Å². The lowest BCUT2D eigenvalue weighted by Crippen LogP contribution is -2.42. The molecule has 17 heavy (non-hydrogen) atoms. The number of hydrogen-bond donors (Lipinski definition) is 1. The molecule has 98 valence electrons. The summed E-state index contributed by atoms with van der Waals surface area (Å²) >= 11 is 0. The summed E-state index contributed by atoms with van der Waals surface area (Å²) < 4.78 is 22.9. The van der Waals surface area contributed by atoms with E-state index in [1.807, 2.05) is 0 Å². The SMILES string of the molecule is CC(C)(C)S(=O)(=O)CCC1CCC(=O)NC1=O. The molecule has 0 bridgehead atoms. The van der Waals surface area contributed by atoms with Gasteiger partial charge in [-0.3, -0.25) is 14.9 Å². The highest BCUT2D eigenvalue weighted by atomic mass is 32.2. The normalized spacial score (nSPS) is 22.4. The van der Waals surface area contributed by atoms with E-state index >= 15 is 0 Å². The molecule has 6 heteroatoms. The van der Waals surface area contributed by atoms with Crippen molar-refractivity contribution in [1.29, 1.82) is 0 Å². The van der Waals surface area contributed by atoms with Crippen LogP contribution in [0.5, 0.6) is 0 Å². The molecular formula is C11H19NO4S. The number of hydrogen-bond acceptors (Lipinski definition) is 4. The van der Waals surface area contributed by atoms with Gasteiger partial charge in [0, 0.05) is 12.3 Å². The molecule has 0 spiro atoms. The zero-order chi connectivity index (χ0) is 13.3. The second kappa shape index (κ2) is 4.76. The van der Waals surface area contributed by atoms with Crippen LogP contribution in [0.15, 0.2) is 0 Å². The van der Waals surface area contributed by atoms with Crippen LogP contribution >= 0.6 is 0 Å². The van der Waals surface area contributed by atoms with Gasteiger partial charge in [-0.25, -0.2) is 8.42 Å². The van der Waals surface area contributed by atoms with E-state index in [-0.39, 0.29) is 23.5 Å². The van der Waals surface area contributed by atoms with Gasteiger partial charge < -0.3 is 0 Å². The van der Waals surface area contributed by atoms with Crippen LogP contribution in [-0.2, 0) is 19.4 Å². The predicted molar refractivity (Wildman–Crippen MR) is 64.0 cm³/mol. The lowest BCUT2D eigenvalue weighted by molar-refractivity contribution is -0.136. The summed E-state index contributed by atoms with van der Waals surface area (Å²) in [5, 5.41) is 2.23. The van der Waals surface area contributed by atoms with Gasteiger partial charge in [0.1, 0.15) is 0 Å². The summed E-state index contributed by atoms with van der Waals surface area (Å²) in [6, 6.07) is 0. The van der Waals surface area contributed by atoms with Gasteiger partial charge in [-0.15, -0.1) is 0 Å². The molecule has 1 aliphatic rings. The number of carbonyl (C=O) groups excluding carboxylic acids is 2. The Morgan fingerprint density at radius 2 is 1.88 bits per heavy atom. The number of nitrogens with one attached hydrogen (secondary N) is 1. The quantitative estimate of drug-likeness (QED) is 0.756. The second-order valence-electron chi connectivity index (χ2n) is 5.37. The van der Waals surface area contributed by atoms with Crippen molar-refractivity contribution >= 4 is 21.7 Å². The molecule has 1 unspecified atom stereocenters. The van der Waals surface area contributed by atoms with Crippen LogP contribution in [0.2, 0.25) is 0 Å². The third-order valence-corrected chi connectivity index (χ3v) is 5.66. The lowest BCUT2D eigenvalue weighted by atomic mass is 9.96. The van der Waals surface area contributed by atoms with Gasteiger partial charge in [-0.2, -0.15) is 0 Å². The fraction of sp³-hybridized carbons (Fsp3) is 0.818. The Hall–Kier alpha value is -0.910. The molecule has 0 aromatic carbocycles. The summed E-state index contributed by atoms with van der Waals surface area (Å²) in [6.45, 7) is 4.94. The monoisotopic (exact) mass is 261 g/mol. The molecule has 1 heterocycles. The smallest absolute Gasteiger partial charge is 0.229 e. The highest BCUT2D eigenvalue weighted by molar-refractivity contribution is 7.92. The summed E-state index contributed by atoms with van der Waals surface area (Å²) in [7, 11) is -3.20. The first-order chi connectivity index (χ1) is 7.63. The third kappa shape index (κ3) is 3.52. The van der Waals surface area contributed by atoms with E-state index < -0.39 is 14.6 Å². The Kier molecular flexibility index (Phi) is 3.96. The molecule has 2 amide bonds. The first-order valence-electron chi connectivity index (χ1n) is 5.69. The Morgan fingerprint density at radius 3 is 2.35 bits per heavy atom. The van der Waals surface area contributed by atoms with Gasteiger partial charge in [-0.05, 0) is 33.6 Å². The Balaban J connectivity index is 2.58. The predicted octanol–water partition coefficient (Wildman–Crippen LogP) is 0.643. The molecular weight excluding hydrogens is 242 g/mol. The van der Waals surface area contributed by atoms with Crippen molar-refractivity contribution in [2.75, 3.05) is 5.75 Å². The topological polar surface area (TPSA) is 80.3 Å². The van der Waals surface area contributed by atoms with Gasteiger partial charge in [0.05, 0.1) is 10.5 Å². The van der Waals surface area contributed by atoms with Gasteiger partial charge in [-0.1, -0.05) is 0 Å². The maximum absolute atomic E-state index is 11.9. The maximum Gasteiger partial charge on any atom is 0.229 e. The molecule has 0 radical (unpaired) electrons. The van der Waals surface area contributed by atoms with Gasteiger partial charge in [0.2, 0.25) is 11.8 Å². The number of piperidine rings is 1. The van der Waals surface area contributed by atoms with E-state index in [0.717, 1.165) is 0 Å².